The van der Waals surface area contributed by atoms with Crippen LogP contribution in [-0.2, 0) is 28.5 Å². The molecule has 286 valence electrons. The second kappa shape index (κ2) is 24.1. The van der Waals surface area contributed by atoms with Crippen LogP contribution in [0.25, 0.3) is 5.57 Å². The first-order chi connectivity index (χ1) is 25.2. The summed E-state index contributed by atoms with van der Waals surface area (Å²) >= 11 is 1.63. The van der Waals surface area contributed by atoms with Gasteiger partial charge in [0.15, 0.2) is 11.5 Å². The standard InChI is InChI=1S/C35H50N6O10S/c1-24-5-6-26(23-52-25(24)2)31-20-29(41-51-31)35(45)40-27-7-8-30(46-3)28(19-27)34(44)39-12-14-48-16-18-50-22-33(43)38-11-13-47-15-17-49-21-32(42)37-10-4-9-36/h7-8,19-20,23H,4-6,9-18,21-22,36H2,1-3H3,(H,37,42)(H,38,43)(H,39,44)(H,40,45). The molecule has 0 aliphatic carbocycles. The molecule has 0 atom stereocenters. The molecule has 6 N–H and O–H groups in total. The lowest BCUT2D eigenvalue weighted by molar-refractivity contribution is -0.127. The number of thioether (sulfide) groups is 1. The van der Waals surface area contributed by atoms with E-state index in [2.05, 4.69) is 40.3 Å². The molecule has 0 saturated heterocycles. The van der Waals surface area contributed by atoms with Crippen molar-refractivity contribution in [2.75, 3.05) is 91.5 Å². The van der Waals surface area contributed by atoms with Crippen LogP contribution in [0.2, 0.25) is 0 Å². The van der Waals surface area contributed by atoms with Gasteiger partial charge in [-0.2, -0.15) is 0 Å². The minimum Gasteiger partial charge on any atom is -0.496 e. The Bertz CT molecular complexity index is 1530. The van der Waals surface area contributed by atoms with E-state index >= 15 is 0 Å². The predicted octanol–water partition coefficient (Wildman–Crippen LogP) is 2.47. The molecule has 0 bridgehead atoms. The molecule has 0 saturated carbocycles. The zero-order valence-corrected chi connectivity index (χ0v) is 30.8. The molecule has 2 aromatic rings. The Labute approximate surface area is 307 Å². The molecule has 4 amide bonds. The molecule has 52 heavy (non-hydrogen) atoms. The van der Waals surface area contributed by atoms with Gasteiger partial charge in [-0.05, 0) is 68.2 Å². The molecule has 0 unspecified atom stereocenters. The van der Waals surface area contributed by atoms with Crippen LogP contribution in [-0.4, -0.2) is 115 Å². The van der Waals surface area contributed by atoms with Crippen LogP contribution in [0.3, 0.4) is 0 Å². The smallest absolute Gasteiger partial charge is 0.277 e. The van der Waals surface area contributed by atoms with Crippen LogP contribution in [0.5, 0.6) is 5.75 Å². The summed E-state index contributed by atoms with van der Waals surface area (Å²) in [6, 6.07) is 6.35. The van der Waals surface area contributed by atoms with Crippen LogP contribution < -0.4 is 31.7 Å². The van der Waals surface area contributed by atoms with Gasteiger partial charge in [-0.1, -0.05) is 10.7 Å². The van der Waals surface area contributed by atoms with Gasteiger partial charge in [-0.15, -0.1) is 11.8 Å². The van der Waals surface area contributed by atoms with Crippen LogP contribution in [0.15, 0.2) is 44.7 Å². The number of anilines is 1. The van der Waals surface area contributed by atoms with Gasteiger partial charge in [0, 0.05) is 37.0 Å². The van der Waals surface area contributed by atoms with Crippen LogP contribution in [0.1, 0.15) is 59.7 Å². The fourth-order valence-electron chi connectivity index (χ4n) is 4.49. The number of nitrogens with two attached hydrogens (primary N) is 1. The van der Waals surface area contributed by atoms with Crippen molar-refractivity contribution in [2.45, 2.75) is 33.1 Å². The third-order valence-electron chi connectivity index (χ3n) is 7.52. The summed E-state index contributed by atoms with van der Waals surface area (Å²) in [5.41, 5.74) is 8.40. The fraction of sp³-hybridized carbons (Fsp3) is 0.514. The highest BCUT2D eigenvalue weighted by Gasteiger charge is 2.19. The number of hydrogen-bond acceptors (Lipinski definition) is 13. The minimum atomic E-state index is -0.475. The lowest BCUT2D eigenvalue weighted by Crippen LogP contribution is -2.32. The van der Waals surface area contributed by atoms with E-state index in [1.54, 1.807) is 30.0 Å². The van der Waals surface area contributed by atoms with Crippen LogP contribution in [0, 0.1) is 0 Å². The van der Waals surface area contributed by atoms with E-state index in [1.807, 2.05) is 5.41 Å². The number of rotatable bonds is 24. The summed E-state index contributed by atoms with van der Waals surface area (Å²) in [6.07, 6.45) is 2.41. The molecule has 0 spiro atoms. The SMILES string of the molecule is COc1ccc(NC(=O)c2cc(C3=CSC(C)=C(C)CC3)on2)cc1C(=O)NCCOCCOCC(=O)NCCOCCOCC(=O)NCCCN. The molecule has 3 rings (SSSR count). The predicted molar refractivity (Wildman–Crippen MR) is 196 cm³/mol. The number of aromatic nitrogens is 1. The van der Waals surface area contributed by atoms with Crippen molar-refractivity contribution in [2.24, 2.45) is 5.73 Å². The highest BCUT2D eigenvalue weighted by atomic mass is 32.2. The number of ether oxygens (including phenoxy) is 5. The number of carbonyl (C=O) groups excluding carboxylic acids is 4. The first-order valence-corrected chi connectivity index (χ1v) is 17.9. The van der Waals surface area contributed by atoms with Crippen molar-refractivity contribution in [3.05, 3.63) is 57.2 Å². The Morgan fingerprint density at radius 3 is 2.15 bits per heavy atom. The molecule has 1 aliphatic heterocycles. The number of amides is 4. The minimum absolute atomic E-state index is 0.0451. The maximum atomic E-state index is 12.9. The van der Waals surface area contributed by atoms with Gasteiger partial charge in [0.05, 0.1) is 52.3 Å². The first kappa shape index (κ1) is 42.2. The Balaban J connectivity index is 1.26. The van der Waals surface area contributed by atoms with Gasteiger partial charge in [-0.25, -0.2) is 0 Å². The molecular weight excluding hydrogens is 696 g/mol. The average Bonchev–Trinajstić information content (AvgIpc) is 3.57. The highest BCUT2D eigenvalue weighted by molar-refractivity contribution is 8.06. The quantitative estimate of drug-likeness (QED) is 0.0978. The lowest BCUT2D eigenvalue weighted by Gasteiger charge is -2.12. The zero-order chi connectivity index (χ0) is 37.6. The van der Waals surface area contributed by atoms with E-state index in [4.69, 9.17) is 33.9 Å². The number of benzene rings is 1. The third kappa shape index (κ3) is 15.5. The molecule has 17 heteroatoms. The van der Waals surface area contributed by atoms with E-state index in [0.717, 1.165) is 18.4 Å². The zero-order valence-electron chi connectivity index (χ0n) is 30.0. The molecule has 1 aliphatic rings. The fourth-order valence-corrected chi connectivity index (χ4v) is 5.34. The summed E-state index contributed by atoms with van der Waals surface area (Å²) in [5.74, 6) is -0.509. The van der Waals surface area contributed by atoms with Crippen molar-refractivity contribution in [3.8, 4) is 5.75 Å². The Morgan fingerprint density at radius 1 is 0.827 bits per heavy atom. The van der Waals surface area contributed by atoms with Crippen LogP contribution >= 0.6 is 11.8 Å². The van der Waals surface area contributed by atoms with Gasteiger partial charge >= 0.3 is 0 Å². The lowest BCUT2D eigenvalue weighted by atomic mass is 10.1. The maximum absolute atomic E-state index is 12.9. The van der Waals surface area contributed by atoms with Gasteiger partial charge in [-0.3, -0.25) is 19.2 Å². The van der Waals surface area contributed by atoms with E-state index < -0.39 is 11.8 Å². The second-order valence-electron chi connectivity index (χ2n) is 11.5. The summed E-state index contributed by atoms with van der Waals surface area (Å²) < 4.78 is 32.2. The van der Waals surface area contributed by atoms with E-state index in [1.165, 1.54) is 23.7 Å². The maximum Gasteiger partial charge on any atom is 0.277 e. The molecular formula is C35H50N6O10S. The molecule has 1 aromatic carbocycles. The molecule has 0 fully saturated rings. The molecule has 0 radical (unpaired) electrons. The van der Waals surface area contributed by atoms with E-state index in [-0.39, 0.29) is 75.9 Å². The van der Waals surface area contributed by atoms with E-state index in [9.17, 15) is 19.2 Å². The Kier molecular flexibility index (Phi) is 19.5. The van der Waals surface area contributed by atoms with E-state index in [0.29, 0.717) is 49.9 Å². The number of methoxy groups -OCH3 is 1. The van der Waals surface area contributed by atoms with Gasteiger partial charge in [0.2, 0.25) is 11.8 Å². The van der Waals surface area contributed by atoms with Crippen molar-refractivity contribution in [1.29, 1.82) is 0 Å². The van der Waals surface area contributed by atoms with Crippen molar-refractivity contribution in [1.82, 2.24) is 21.1 Å². The Hall–Kier alpha value is -4.26. The molecule has 1 aromatic heterocycles. The van der Waals surface area contributed by atoms with Crippen molar-refractivity contribution >= 4 is 46.7 Å². The second-order valence-corrected chi connectivity index (χ2v) is 12.6. The number of allylic oxidation sites excluding steroid dienone is 3. The molecule has 2 heterocycles. The number of nitrogens with one attached hydrogen (secondary N) is 4. The monoisotopic (exact) mass is 746 g/mol. The normalized spacial score (nSPS) is 12.9. The Morgan fingerprint density at radius 2 is 1.48 bits per heavy atom. The van der Waals surface area contributed by atoms with Crippen molar-refractivity contribution < 1.29 is 47.4 Å². The van der Waals surface area contributed by atoms with Crippen LogP contribution in [0.4, 0.5) is 5.69 Å². The first-order valence-electron chi connectivity index (χ1n) is 17.0. The highest BCUT2D eigenvalue weighted by Crippen LogP contribution is 2.35. The largest absolute Gasteiger partial charge is 0.496 e. The summed E-state index contributed by atoms with van der Waals surface area (Å²) in [7, 11) is 1.45. The van der Waals surface area contributed by atoms with Gasteiger partial charge in [0.25, 0.3) is 11.8 Å². The number of carbonyl (C=O) groups is 4. The van der Waals surface area contributed by atoms with Gasteiger partial charge < -0.3 is 55.2 Å². The third-order valence-corrected chi connectivity index (χ3v) is 8.63. The summed E-state index contributed by atoms with van der Waals surface area (Å²) in [5, 5.41) is 16.9. The number of nitrogens with zero attached hydrogens (tertiary/aromatic N) is 1. The van der Waals surface area contributed by atoms with Gasteiger partial charge in [0.1, 0.15) is 19.0 Å². The van der Waals surface area contributed by atoms with Crippen molar-refractivity contribution in [3.63, 3.8) is 0 Å². The summed E-state index contributed by atoms with van der Waals surface area (Å²) in [6.45, 7) is 7.01. The molecule has 16 nitrogen and oxygen atoms in total. The summed E-state index contributed by atoms with van der Waals surface area (Å²) in [4.78, 5) is 50.5. The topological polar surface area (TPSA) is 215 Å². The number of hydrogen-bond donors (Lipinski definition) is 5. The average molecular weight is 747 g/mol.